The number of aromatic hydroxyl groups is 1. The number of halogens is 1. The van der Waals surface area contributed by atoms with Crippen LogP contribution in [0.25, 0.3) is 0 Å². The van der Waals surface area contributed by atoms with Crippen molar-refractivity contribution in [1.82, 2.24) is 0 Å². The average molecular weight is 616 g/mol. The van der Waals surface area contributed by atoms with E-state index in [1.165, 1.54) is 30.6 Å². The number of methoxy groups -OCH3 is 1. The number of ketones is 1. The SMILES string of the molecule is COC(=O)c1sccc1NC(C(=O)O[C@H]1C[N+]2(CC(=O)c3ccc(O)cc3)CCC1CC2)c1ccccc1.[Br-]. The van der Waals surface area contributed by atoms with Crippen molar-refractivity contribution in [3.8, 4) is 5.75 Å². The summed E-state index contributed by atoms with van der Waals surface area (Å²) in [7, 11) is 1.33. The van der Waals surface area contributed by atoms with E-state index < -0.39 is 18.0 Å². The van der Waals surface area contributed by atoms with Gasteiger partial charge in [-0.1, -0.05) is 30.3 Å². The molecule has 3 saturated heterocycles. The van der Waals surface area contributed by atoms with Gasteiger partial charge in [0.05, 0.1) is 25.9 Å². The van der Waals surface area contributed by atoms with E-state index in [4.69, 9.17) is 9.47 Å². The summed E-state index contributed by atoms with van der Waals surface area (Å²) in [6, 6.07) is 16.6. The van der Waals surface area contributed by atoms with Crippen molar-refractivity contribution in [3.05, 3.63) is 82.0 Å². The maximum atomic E-state index is 13.7. The lowest BCUT2D eigenvalue weighted by Crippen LogP contribution is -3.00. The Labute approximate surface area is 241 Å². The van der Waals surface area contributed by atoms with Crippen molar-refractivity contribution in [2.75, 3.05) is 38.6 Å². The van der Waals surface area contributed by atoms with Gasteiger partial charge in [0.15, 0.2) is 12.1 Å². The van der Waals surface area contributed by atoms with Crippen LogP contribution in [0.4, 0.5) is 5.69 Å². The van der Waals surface area contributed by atoms with E-state index in [0.717, 1.165) is 31.5 Å². The minimum Gasteiger partial charge on any atom is -1.00 e. The monoisotopic (exact) mass is 614 g/mol. The van der Waals surface area contributed by atoms with Crippen LogP contribution in [0.15, 0.2) is 66.0 Å². The predicted molar refractivity (Wildman–Crippen MR) is 143 cm³/mol. The Morgan fingerprint density at radius 3 is 2.41 bits per heavy atom. The number of carbonyl (C=O) groups is 3. The molecule has 0 spiro atoms. The molecule has 0 amide bonds. The van der Waals surface area contributed by atoms with E-state index >= 15 is 0 Å². The van der Waals surface area contributed by atoms with Gasteiger partial charge in [0, 0.05) is 24.3 Å². The molecule has 6 rings (SSSR count). The minimum atomic E-state index is -0.809. The van der Waals surface area contributed by atoms with E-state index in [1.54, 1.807) is 23.6 Å². The molecular formula is C29H31BrN2O6S. The first-order valence-corrected chi connectivity index (χ1v) is 13.6. The fourth-order valence-electron chi connectivity index (χ4n) is 5.59. The lowest BCUT2D eigenvalue weighted by Gasteiger charge is -2.51. The molecule has 2 atom stereocenters. The second-order valence-electron chi connectivity index (χ2n) is 10.1. The van der Waals surface area contributed by atoms with Crippen molar-refractivity contribution in [2.45, 2.75) is 25.0 Å². The molecule has 206 valence electrons. The standard InChI is InChI=1S/C29H30N2O6S.BrH/c1-36-29(35)27-23(13-16-38-27)30-26(21-5-3-2-4-6-21)28(34)37-25-18-31(14-11-20(25)12-15-31)17-24(33)19-7-9-22(32)10-8-19;/h2-10,13,16,20,25-26H,11-12,14-15,17-18H2,1H3,(H-,30,32,33,35);1H/t20?,25-,26?,31?;/m0./s1. The van der Waals surface area contributed by atoms with E-state index in [1.807, 2.05) is 30.3 Å². The van der Waals surface area contributed by atoms with Gasteiger partial charge in [-0.2, -0.15) is 0 Å². The number of esters is 2. The van der Waals surface area contributed by atoms with Crippen molar-refractivity contribution in [3.63, 3.8) is 0 Å². The molecule has 0 aliphatic carbocycles. The number of Topliss-reactive ketones (excluding diaryl/α,β-unsaturated/α-hetero) is 1. The summed E-state index contributed by atoms with van der Waals surface area (Å²) < 4.78 is 11.7. The number of fused-ring (bicyclic) bond motifs is 3. The van der Waals surface area contributed by atoms with Gasteiger partial charge >= 0.3 is 11.9 Å². The summed E-state index contributed by atoms with van der Waals surface area (Å²) in [6.07, 6.45) is 1.48. The number of quaternary nitrogens is 1. The van der Waals surface area contributed by atoms with E-state index in [-0.39, 0.29) is 40.5 Å². The molecule has 1 aromatic heterocycles. The van der Waals surface area contributed by atoms with Crippen LogP contribution in [0.1, 0.15) is 44.5 Å². The molecule has 4 heterocycles. The highest BCUT2D eigenvalue weighted by Crippen LogP contribution is 2.37. The Balaban J connectivity index is 0.00000353. The average Bonchev–Trinajstić information content (AvgIpc) is 3.41. The minimum absolute atomic E-state index is 0. The second kappa shape index (κ2) is 12.3. The molecule has 3 aromatic rings. The first-order valence-electron chi connectivity index (χ1n) is 12.7. The van der Waals surface area contributed by atoms with Crippen LogP contribution in [0.5, 0.6) is 5.75 Å². The van der Waals surface area contributed by atoms with Gasteiger partial charge < -0.3 is 41.4 Å². The number of piperidine rings is 3. The molecule has 0 radical (unpaired) electrons. The lowest BCUT2D eigenvalue weighted by molar-refractivity contribution is -0.938. The Hall–Kier alpha value is -3.21. The van der Waals surface area contributed by atoms with E-state index in [9.17, 15) is 19.5 Å². The Morgan fingerprint density at radius 1 is 1.05 bits per heavy atom. The van der Waals surface area contributed by atoms with Crippen LogP contribution in [-0.2, 0) is 14.3 Å². The van der Waals surface area contributed by atoms with Crippen LogP contribution in [0.2, 0.25) is 0 Å². The largest absolute Gasteiger partial charge is 1.00 e. The second-order valence-corrected chi connectivity index (χ2v) is 11.0. The van der Waals surface area contributed by atoms with Crippen molar-refractivity contribution < 1.29 is 50.4 Å². The van der Waals surface area contributed by atoms with Gasteiger partial charge in [-0.25, -0.2) is 9.59 Å². The van der Waals surface area contributed by atoms with Crippen LogP contribution >= 0.6 is 11.3 Å². The third-order valence-electron chi connectivity index (χ3n) is 7.68. The number of phenolic OH excluding ortho intramolecular Hbond substituents is 1. The number of rotatable bonds is 9. The number of benzene rings is 2. The third-order valence-corrected chi connectivity index (χ3v) is 8.58. The molecule has 2 bridgehead atoms. The van der Waals surface area contributed by atoms with E-state index in [0.29, 0.717) is 33.7 Å². The Morgan fingerprint density at radius 2 is 1.74 bits per heavy atom. The quantitative estimate of drug-likeness (QED) is 0.214. The Kier molecular flexibility index (Phi) is 9.09. The van der Waals surface area contributed by atoms with Crippen LogP contribution in [0, 0.1) is 5.92 Å². The summed E-state index contributed by atoms with van der Waals surface area (Å²) in [5.41, 5.74) is 1.82. The van der Waals surface area contributed by atoms with Gasteiger partial charge in [0.2, 0.25) is 5.78 Å². The van der Waals surface area contributed by atoms with Crippen molar-refractivity contribution in [2.24, 2.45) is 5.92 Å². The van der Waals surface area contributed by atoms with Crippen molar-refractivity contribution in [1.29, 1.82) is 0 Å². The Bertz CT molecular complexity index is 1300. The van der Waals surface area contributed by atoms with Crippen LogP contribution in [-0.4, -0.2) is 66.7 Å². The predicted octanol–water partition coefficient (Wildman–Crippen LogP) is 1.43. The zero-order chi connectivity index (χ0) is 26.7. The molecule has 3 aliphatic heterocycles. The smallest absolute Gasteiger partial charge is 0.350 e. The number of carbonyl (C=O) groups excluding carboxylic acids is 3. The zero-order valence-corrected chi connectivity index (χ0v) is 23.9. The summed E-state index contributed by atoms with van der Waals surface area (Å²) >= 11 is 1.24. The zero-order valence-electron chi connectivity index (χ0n) is 21.5. The molecule has 39 heavy (non-hydrogen) atoms. The first kappa shape index (κ1) is 28.8. The molecule has 2 N–H and O–H groups in total. The normalized spacial score (nSPS) is 22.3. The topological polar surface area (TPSA) is 102 Å². The van der Waals surface area contributed by atoms with Crippen molar-refractivity contribution >= 4 is 34.7 Å². The van der Waals surface area contributed by atoms with Gasteiger partial charge in [-0.15, -0.1) is 11.3 Å². The highest BCUT2D eigenvalue weighted by atomic mass is 79.9. The third kappa shape index (κ3) is 6.34. The molecule has 2 aromatic carbocycles. The summed E-state index contributed by atoms with van der Waals surface area (Å²) in [5.74, 6) is -0.482. The van der Waals surface area contributed by atoms with Gasteiger partial charge in [0.25, 0.3) is 0 Å². The number of hydrogen-bond donors (Lipinski definition) is 2. The fourth-order valence-corrected chi connectivity index (χ4v) is 6.36. The number of thiophene rings is 1. The molecule has 10 heteroatoms. The molecule has 3 aliphatic rings. The first-order chi connectivity index (χ1) is 18.4. The van der Waals surface area contributed by atoms with Gasteiger partial charge in [-0.3, -0.25) is 4.79 Å². The van der Waals surface area contributed by atoms with Gasteiger partial charge in [-0.05, 0) is 41.3 Å². The number of ether oxygens (including phenoxy) is 2. The number of hydrogen-bond acceptors (Lipinski definition) is 8. The maximum Gasteiger partial charge on any atom is 0.350 e. The maximum absolute atomic E-state index is 13.7. The summed E-state index contributed by atoms with van der Waals surface area (Å²) in [5, 5.41) is 14.5. The van der Waals surface area contributed by atoms with Gasteiger partial charge in [0.1, 0.15) is 23.7 Å². The number of anilines is 1. The van der Waals surface area contributed by atoms with E-state index in [2.05, 4.69) is 5.32 Å². The summed E-state index contributed by atoms with van der Waals surface area (Å²) in [4.78, 5) is 39.3. The number of phenols is 1. The number of nitrogens with zero attached hydrogens (tertiary/aromatic N) is 1. The summed E-state index contributed by atoms with van der Waals surface area (Å²) in [6.45, 7) is 2.68. The fraction of sp³-hybridized carbons (Fsp3) is 0.345. The molecule has 8 nitrogen and oxygen atoms in total. The molecular weight excluding hydrogens is 584 g/mol. The lowest BCUT2D eigenvalue weighted by atomic mass is 9.82. The molecule has 3 fully saturated rings. The molecule has 1 unspecified atom stereocenters. The number of nitrogens with one attached hydrogen (secondary N) is 1. The molecule has 0 saturated carbocycles. The highest BCUT2D eigenvalue weighted by Gasteiger charge is 2.49. The highest BCUT2D eigenvalue weighted by molar-refractivity contribution is 7.12. The van der Waals surface area contributed by atoms with Crippen LogP contribution < -0.4 is 22.3 Å². The van der Waals surface area contributed by atoms with Crippen LogP contribution in [0.3, 0.4) is 0 Å².